The van der Waals surface area contributed by atoms with Gasteiger partial charge in [-0.25, -0.2) is 17.9 Å². The number of benzene rings is 2. The largest absolute Gasteiger partial charge is 0.465 e. The lowest BCUT2D eigenvalue weighted by Gasteiger charge is -2.49. The van der Waals surface area contributed by atoms with Gasteiger partial charge in [0.25, 0.3) is 0 Å². The van der Waals surface area contributed by atoms with Crippen LogP contribution in [0.3, 0.4) is 0 Å². The first-order valence-corrected chi connectivity index (χ1v) is 16.9. The van der Waals surface area contributed by atoms with Crippen molar-refractivity contribution in [3.63, 3.8) is 0 Å². The zero-order chi connectivity index (χ0) is 31.4. The number of hydrogen-bond donors (Lipinski definition) is 5. The Morgan fingerprint density at radius 1 is 1.14 bits per heavy atom. The summed E-state index contributed by atoms with van der Waals surface area (Å²) >= 11 is 0. The van der Waals surface area contributed by atoms with Crippen LogP contribution in [0.4, 0.5) is 19.3 Å². The first-order chi connectivity index (χ1) is 21.0. The van der Waals surface area contributed by atoms with Crippen molar-refractivity contribution in [1.29, 1.82) is 0 Å². The number of hydrogen-bond acceptors (Lipinski definition) is 7. The van der Waals surface area contributed by atoms with E-state index in [2.05, 4.69) is 10.6 Å². The van der Waals surface area contributed by atoms with E-state index in [0.717, 1.165) is 24.2 Å². The number of fused-ring (bicyclic) bond motifs is 2. The number of likely N-dealkylation sites (N-methyl/N-ethyl adjacent to an activating group) is 1. The van der Waals surface area contributed by atoms with Gasteiger partial charge >= 0.3 is 6.09 Å². The van der Waals surface area contributed by atoms with Crippen LogP contribution in [-0.2, 0) is 16.0 Å². The van der Waals surface area contributed by atoms with Gasteiger partial charge in [-0.05, 0) is 74.8 Å². The maximum absolute atomic E-state index is 15.3. The molecule has 242 valence electrons. The molecular weight excluding hydrogens is 594 g/mol. The molecule has 6 atom stereocenters. The smallest absolute Gasteiger partial charge is 0.407 e. The normalized spacial score (nSPS) is 26.9. The van der Waals surface area contributed by atoms with Crippen molar-refractivity contribution in [2.45, 2.75) is 75.1 Å². The van der Waals surface area contributed by atoms with Gasteiger partial charge in [0.2, 0.25) is 5.91 Å². The number of halogens is 2. The minimum absolute atomic E-state index is 0.175. The molecule has 0 spiro atoms. The molecule has 5 rings (SSSR count). The van der Waals surface area contributed by atoms with Gasteiger partial charge in [-0.1, -0.05) is 18.2 Å². The molecule has 0 aliphatic carbocycles. The maximum atomic E-state index is 15.3. The van der Waals surface area contributed by atoms with E-state index >= 15 is 4.39 Å². The molecule has 44 heavy (non-hydrogen) atoms. The van der Waals surface area contributed by atoms with E-state index in [-0.39, 0.29) is 29.8 Å². The molecule has 13 heteroatoms. The van der Waals surface area contributed by atoms with Crippen LogP contribution < -0.4 is 10.6 Å². The summed E-state index contributed by atoms with van der Waals surface area (Å²) in [6, 6.07) is 8.65. The monoisotopic (exact) mass is 636 g/mol. The number of nitrogens with zero attached hydrogens (tertiary/aromatic N) is 2. The number of piperazine rings is 1. The predicted octanol–water partition coefficient (Wildman–Crippen LogP) is 5.27. The maximum Gasteiger partial charge on any atom is 0.407 e. The summed E-state index contributed by atoms with van der Waals surface area (Å²) in [5, 5.41) is 16.3. The Balaban J connectivity index is 1.41. The molecule has 3 aliphatic heterocycles. The van der Waals surface area contributed by atoms with Crippen molar-refractivity contribution < 1.29 is 37.3 Å². The fourth-order valence-corrected chi connectivity index (χ4v) is 8.62. The van der Waals surface area contributed by atoms with Crippen LogP contribution in [0.25, 0.3) is 0 Å². The second-order valence-corrected chi connectivity index (χ2v) is 14.1. The van der Waals surface area contributed by atoms with Crippen LogP contribution >= 0.6 is 10.8 Å². The van der Waals surface area contributed by atoms with Gasteiger partial charge in [0.05, 0.1) is 11.9 Å². The van der Waals surface area contributed by atoms with Crippen LogP contribution in [0.15, 0.2) is 42.5 Å². The summed E-state index contributed by atoms with van der Waals surface area (Å²) < 4.78 is 58.6. The highest BCUT2D eigenvalue weighted by molar-refractivity contribution is 8.22. The van der Waals surface area contributed by atoms with E-state index in [1.807, 2.05) is 0 Å². The van der Waals surface area contributed by atoms with E-state index in [9.17, 15) is 28.2 Å². The second kappa shape index (κ2) is 14.1. The highest BCUT2D eigenvalue weighted by atomic mass is 32.3. The summed E-state index contributed by atoms with van der Waals surface area (Å²) in [5.41, 5.74) is 1.02. The summed E-state index contributed by atoms with van der Waals surface area (Å²) in [4.78, 5) is 27.3. The Hall–Kier alpha value is -2.81. The minimum Gasteiger partial charge on any atom is -0.465 e. The Morgan fingerprint density at radius 2 is 1.91 bits per heavy atom. The van der Waals surface area contributed by atoms with Gasteiger partial charge < -0.3 is 20.5 Å². The molecule has 0 saturated carbocycles. The molecule has 3 aliphatic rings. The molecule has 5 N–H and O–H groups in total. The fourth-order valence-electron chi connectivity index (χ4n) is 6.75. The molecule has 2 aromatic carbocycles. The summed E-state index contributed by atoms with van der Waals surface area (Å²) in [5.74, 6) is -2.08. The molecule has 3 saturated heterocycles. The Morgan fingerprint density at radius 3 is 2.61 bits per heavy atom. The van der Waals surface area contributed by atoms with Crippen molar-refractivity contribution in [3.05, 3.63) is 65.2 Å². The van der Waals surface area contributed by atoms with Gasteiger partial charge in [-0.15, -0.1) is 10.8 Å². The van der Waals surface area contributed by atoms with Crippen LogP contribution in [-0.4, -0.2) is 92.1 Å². The van der Waals surface area contributed by atoms with E-state index in [4.69, 9.17) is 4.74 Å². The van der Waals surface area contributed by atoms with E-state index in [0.29, 0.717) is 50.3 Å². The molecule has 0 aromatic heterocycles. The predicted molar refractivity (Wildman–Crippen MR) is 165 cm³/mol. The number of carbonyl (C=O) groups is 2. The molecule has 2 unspecified atom stereocenters. The highest BCUT2D eigenvalue weighted by Crippen LogP contribution is 2.49. The third kappa shape index (κ3) is 7.35. The Labute approximate surface area is 258 Å². The van der Waals surface area contributed by atoms with Crippen molar-refractivity contribution >= 4 is 28.5 Å². The highest BCUT2D eigenvalue weighted by Gasteiger charge is 2.42. The number of rotatable bonds is 9. The number of ether oxygens (including phenoxy) is 1. The number of anilines is 1. The Bertz CT molecular complexity index is 1310. The summed E-state index contributed by atoms with van der Waals surface area (Å²) in [7, 11) is -1.62. The molecule has 0 radical (unpaired) electrons. The van der Waals surface area contributed by atoms with Crippen LogP contribution in [0.1, 0.15) is 55.6 Å². The van der Waals surface area contributed by atoms with Crippen molar-refractivity contribution in [3.8, 4) is 0 Å². The van der Waals surface area contributed by atoms with Gasteiger partial charge in [0.1, 0.15) is 17.7 Å². The quantitative estimate of drug-likeness (QED) is 0.252. The molecule has 3 fully saturated rings. The number of carboxylic acid groups (broad SMARTS) is 1. The minimum atomic E-state index is -2.93. The summed E-state index contributed by atoms with van der Waals surface area (Å²) in [6.07, 6.45) is 2.64. The van der Waals surface area contributed by atoms with Crippen LogP contribution in [0.5, 0.6) is 0 Å². The molecule has 2 bridgehead atoms. The van der Waals surface area contributed by atoms with E-state index < -0.39 is 52.5 Å². The van der Waals surface area contributed by atoms with E-state index in [1.54, 1.807) is 10.4 Å². The standard InChI is InChI=1S/C31H42F2N4O6S/c1-36(31(39)40)29(28(27-9-2-3-16-43-27)20-10-12-21(32)13-11-20)30(38)35-26-8-4-7-25(33)24(26)15-14-23-18-34-22-6-5-17-44(41,42)37(23)19-22/h4,7-8,10-13,22-23,27-29,34,41-42H,2-3,5-6,9,14-19H2,1H3,(H,35,38)(H,39,40)/t22-,23+,27?,28+,29+/m1/s1. The van der Waals surface area contributed by atoms with Crippen molar-refractivity contribution in [1.82, 2.24) is 14.5 Å². The summed E-state index contributed by atoms with van der Waals surface area (Å²) in [6.45, 7) is 1.49. The molecule has 2 aromatic rings. The molecule has 10 nitrogen and oxygen atoms in total. The molecular formula is C31H42F2N4O6S. The third-order valence-electron chi connectivity index (χ3n) is 9.10. The number of amides is 2. The van der Waals surface area contributed by atoms with Crippen LogP contribution in [0.2, 0.25) is 0 Å². The Kier molecular flexibility index (Phi) is 10.4. The zero-order valence-electron chi connectivity index (χ0n) is 24.8. The number of carbonyl (C=O) groups excluding carboxylic acids is 1. The van der Waals surface area contributed by atoms with Crippen LogP contribution in [0, 0.1) is 11.6 Å². The average molecular weight is 637 g/mol. The van der Waals surface area contributed by atoms with Crippen molar-refractivity contribution in [2.75, 3.05) is 37.8 Å². The second-order valence-electron chi connectivity index (χ2n) is 12.0. The van der Waals surface area contributed by atoms with Crippen molar-refractivity contribution in [2.24, 2.45) is 0 Å². The molecule has 3 heterocycles. The van der Waals surface area contributed by atoms with E-state index in [1.165, 1.54) is 43.4 Å². The number of nitrogens with one attached hydrogen (secondary N) is 2. The lowest BCUT2D eigenvalue weighted by Crippen LogP contribution is -2.55. The van der Waals surface area contributed by atoms with Gasteiger partial charge in [-0.3, -0.25) is 18.8 Å². The average Bonchev–Trinajstić information content (AvgIpc) is 3.12. The molecule has 2 amide bonds. The topological polar surface area (TPSA) is 135 Å². The van der Waals surface area contributed by atoms with Gasteiger partial charge in [-0.2, -0.15) is 0 Å². The fraction of sp³-hybridized carbons (Fsp3) is 0.548. The zero-order valence-corrected chi connectivity index (χ0v) is 25.6. The SMILES string of the molecule is CN(C(=O)O)[C@H](C(=O)Nc1cccc(F)c1CC[C@H]1CN[C@@H]2CCCS(O)(O)N1C2)[C@@H](c1ccc(F)cc1)C1CCCCO1. The first-order valence-electron chi connectivity index (χ1n) is 15.2. The third-order valence-corrected chi connectivity index (χ3v) is 11.1. The van der Waals surface area contributed by atoms with Gasteiger partial charge in [0.15, 0.2) is 0 Å². The first kappa shape index (κ1) is 32.6. The van der Waals surface area contributed by atoms with Gasteiger partial charge in [0, 0.05) is 56.0 Å². The lowest BCUT2D eigenvalue weighted by atomic mass is 9.82. The lowest BCUT2D eigenvalue weighted by molar-refractivity contribution is -0.123.